The van der Waals surface area contributed by atoms with Crippen molar-refractivity contribution in [3.05, 3.63) is 90.7 Å². The lowest BCUT2D eigenvalue weighted by Crippen LogP contribution is -2.22. The van der Waals surface area contributed by atoms with Crippen molar-refractivity contribution < 1.29 is 9.53 Å². The molecule has 3 aromatic heterocycles. The molecule has 1 saturated heterocycles. The van der Waals surface area contributed by atoms with Crippen molar-refractivity contribution in [2.24, 2.45) is 0 Å². The van der Waals surface area contributed by atoms with Crippen LogP contribution >= 0.6 is 0 Å². The van der Waals surface area contributed by atoms with Crippen LogP contribution in [0.2, 0.25) is 0 Å². The van der Waals surface area contributed by atoms with Crippen molar-refractivity contribution in [1.29, 1.82) is 0 Å². The van der Waals surface area contributed by atoms with E-state index < -0.39 is 0 Å². The number of hydrogen-bond donors (Lipinski definition) is 1. The first-order valence-electron chi connectivity index (χ1n) is 13.0. The summed E-state index contributed by atoms with van der Waals surface area (Å²) < 4.78 is 7.73. The first-order chi connectivity index (χ1) is 19.0. The number of ether oxygens (including phenoxy) is 1. The maximum absolute atomic E-state index is 12.7. The number of carbonyl (C=O) groups excluding carboxylic acids is 1. The second-order valence-corrected chi connectivity index (χ2v) is 9.90. The average Bonchev–Trinajstić information content (AvgIpc) is 3.57. The van der Waals surface area contributed by atoms with E-state index in [1.165, 1.54) is 6.42 Å². The number of fused-ring (bicyclic) bond motifs is 2. The van der Waals surface area contributed by atoms with Crippen molar-refractivity contribution >= 4 is 33.8 Å². The number of likely N-dealkylation sites (N-methyl/N-ethyl adjacent to an activating group) is 1. The fourth-order valence-corrected chi connectivity index (χ4v) is 4.92. The summed E-state index contributed by atoms with van der Waals surface area (Å²) in [7, 11) is 2.10. The van der Waals surface area contributed by atoms with Crippen LogP contribution in [0.25, 0.3) is 16.6 Å². The molecule has 9 heteroatoms. The Balaban J connectivity index is 1.18. The number of carbonyl (C=O) groups is 1. The fourth-order valence-electron chi connectivity index (χ4n) is 4.92. The summed E-state index contributed by atoms with van der Waals surface area (Å²) in [6.45, 7) is 3.07. The van der Waals surface area contributed by atoms with Crippen LogP contribution < -0.4 is 10.1 Å². The van der Waals surface area contributed by atoms with Crippen LogP contribution in [-0.2, 0) is 11.2 Å². The molecular weight excluding hydrogens is 490 g/mol. The number of allylic oxidation sites excluding steroid dienone is 1. The molecule has 196 valence electrons. The molecule has 1 fully saturated rings. The van der Waals surface area contributed by atoms with Gasteiger partial charge in [0.25, 0.3) is 0 Å². The van der Waals surface area contributed by atoms with Crippen LogP contribution in [-0.4, -0.2) is 54.9 Å². The minimum Gasteiger partial charge on any atom is -0.454 e. The molecule has 1 N–H and O–H groups in total. The van der Waals surface area contributed by atoms with E-state index in [-0.39, 0.29) is 5.78 Å². The van der Waals surface area contributed by atoms with Gasteiger partial charge in [-0.05, 0) is 80.9 Å². The summed E-state index contributed by atoms with van der Waals surface area (Å²) >= 11 is 0. The number of ketones is 1. The van der Waals surface area contributed by atoms with E-state index in [0.717, 1.165) is 52.1 Å². The van der Waals surface area contributed by atoms with Crippen LogP contribution in [0.4, 0.5) is 11.5 Å². The molecule has 0 amide bonds. The summed E-state index contributed by atoms with van der Waals surface area (Å²) in [6, 6.07) is 13.9. The number of anilines is 2. The highest BCUT2D eigenvalue weighted by Crippen LogP contribution is 2.30. The van der Waals surface area contributed by atoms with Crippen LogP contribution in [0, 0.1) is 6.92 Å². The highest BCUT2D eigenvalue weighted by molar-refractivity contribution is 5.94. The lowest BCUT2D eigenvalue weighted by atomic mass is 10.0. The Bertz CT molecular complexity index is 1690. The van der Waals surface area contributed by atoms with Crippen molar-refractivity contribution in [2.45, 2.75) is 32.2 Å². The molecule has 1 aliphatic heterocycles. The van der Waals surface area contributed by atoms with E-state index in [1.54, 1.807) is 35.5 Å². The second kappa shape index (κ2) is 10.6. The number of nitrogens with zero attached hydrogens (tertiary/aromatic N) is 6. The number of benzene rings is 2. The lowest BCUT2D eigenvalue weighted by Gasteiger charge is -2.14. The van der Waals surface area contributed by atoms with Gasteiger partial charge in [-0.15, -0.1) is 0 Å². The van der Waals surface area contributed by atoms with E-state index in [4.69, 9.17) is 4.74 Å². The molecule has 0 unspecified atom stereocenters. The third-order valence-electron chi connectivity index (χ3n) is 7.05. The van der Waals surface area contributed by atoms with E-state index in [0.29, 0.717) is 24.0 Å². The van der Waals surface area contributed by atoms with Crippen molar-refractivity contribution in [1.82, 2.24) is 29.5 Å². The number of aryl methyl sites for hydroxylation is 1. The predicted molar refractivity (Wildman–Crippen MR) is 151 cm³/mol. The molecule has 1 aliphatic rings. The standard InChI is InChI=1S/C30H29N7O2/c1-20-14-22(6-10-28(20)39-25-17-31-29-11-12-34-37(29)18-25)35-30-26-16-21(5-9-27(26)32-19-33-30)15-24(38)8-7-23-4-3-13-36(23)2/h5-12,14,16-19,23H,3-4,13,15H2,1-2H3,(H,32,33,35)/b8-7+/t23-/m1/s1. The summed E-state index contributed by atoms with van der Waals surface area (Å²) in [5, 5.41) is 8.48. The van der Waals surface area contributed by atoms with Crippen molar-refractivity contribution in [3.63, 3.8) is 0 Å². The zero-order valence-electron chi connectivity index (χ0n) is 21.9. The highest BCUT2D eigenvalue weighted by atomic mass is 16.5. The van der Waals surface area contributed by atoms with Gasteiger partial charge in [0.2, 0.25) is 0 Å². The van der Waals surface area contributed by atoms with Gasteiger partial charge >= 0.3 is 0 Å². The SMILES string of the molecule is Cc1cc(Nc2ncnc3ccc(CC(=O)/C=C/[C@H]4CCCN4C)cc23)ccc1Oc1cnc2ccnn2c1. The summed E-state index contributed by atoms with van der Waals surface area (Å²) in [4.78, 5) is 28.2. The summed E-state index contributed by atoms with van der Waals surface area (Å²) in [5.41, 5.74) is 4.31. The zero-order valence-corrected chi connectivity index (χ0v) is 21.9. The molecule has 2 aromatic carbocycles. The smallest absolute Gasteiger partial charge is 0.164 e. The molecule has 0 spiro atoms. The van der Waals surface area contributed by atoms with Crippen LogP contribution in [0.1, 0.15) is 24.0 Å². The molecule has 0 aliphatic carbocycles. The molecular formula is C30H29N7O2. The first-order valence-corrected chi connectivity index (χ1v) is 13.0. The number of hydrogen-bond acceptors (Lipinski definition) is 8. The monoisotopic (exact) mass is 519 g/mol. The molecule has 9 nitrogen and oxygen atoms in total. The third-order valence-corrected chi connectivity index (χ3v) is 7.05. The van der Waals surface area contributed by atoms with Crippen LogP contribution in [0.3, 0.4) is 0 Å². The number of rotatable bonds is 8. The predicted octanol–water partition coefficient (Wildman–Crippen LogP) is 5.28. The Morgan fingerprint density at radius 2 is 2.08 bits per heavy atom. The molecule has 5 aromatic rings. The van der Waals surface area contributed by atoms with Gasteiger partial charge in [-0.25, -0.2) is 19.5 Å². The molecule has 6 rings (SSSR count). The zero-order chi connectivity index (χ0) is 26.8. The van der Waals surface area contributed by atoms with Gasteiger partial charge in [0.1, 0.15) is 17.9 Å². The van der Waals surface area contributed by atoms with Gasteiger partial charge in [-0.2, -0.15) is 5.10 Å². The average molecular weight is 520 g/mol. The Kier molecular flexibility index (Phi) is 6.73. The maximum Gasteiger partial charge on any atom is 0.164 e. The van der Waals surface area contributed by atoms with Gasteiger partial charge in [0.05, 0.1) is 24.1 Å². The normalized spacial score (nSPS) is 15.9. The van der Waals surface area contributed by atoms with Gasteiger partial charge < -0.3 is 10.1 Å². The Morgan fingerprint density at radius 3 is 2.92 bits per heavy atom. The molecule has 4 heterocycles. The van der Waals surface area contributed by atoms with Gasteiger partial charge in [-0.1, -0.05) is 12.1 Å². The maximum atomic E-state index is 12.7. The Labute approximate surface area is 226 Å². The Hall–Kier alpha value is -4.63. The lowest BCUT2D eigenvalue weighted by molar-refractivity contribution is -0.114. The quantitative estimate of drug-likeness (QED) is 0.277. The van der Waals surface area contributed by atoms with E-state index in [1.807, 2.05) is 55.5 Å². The minimum absolute atomic E-state index is 0.0918. The van der Waals surface area contributed by atoms with E-state index in [2.05, 4.69) is 37.3 Å². The number of likely N-dealkylation sites (tertiary alicyclic amines) is 1. The molecule has 0 radical (unpaired) electrons. The summed E-state index contributed by atoms with van der Waals surface area (Å²) in [6.07, 6.45) is 13.1. The van der Waals surface area contributed by atoms with Crippen LogP contribution in [0.5, 0.6) is 11.5 Å². The van der Waals surface area contributed by atoms with Gasteiger partial charge in [-0.3, -0.25) is 9.69 Å². The molecule has 0 bridgehead atoms. The van der Waals surface area contributed by atoms with Crippen molar-refractivity contribution in [3.8, 4) is 11.5 Å². The fraction of sp³-hybridized carbons (Fsp3) is 0.233. The second-order valence-electron chi connectivity index (χ2n) is 9.90. The molecule has 0 saturated carbocycles. The molecule has 1 atom stereocenters. The number of aromatic nitrogens is 5. The van der Waals surface area contributed by atoms with Crippen LogP contribution in [0.15, 0.2) is 79.5 Å². The highest BCUT2D eigenvalue weighted by Gasteiger charge is 2.18. The topological polar surface area (TPSA) is 97.5 Å². The first kappa shape index (κ1) is 24.7. The minimum atomic E-state index is 0.0918. The van der Waals surface area contributed by atoms with Gasteiger partial charge in [0.15, 0.2) is 17.2 Å². The van der Waals surface area contributed by atoms with E-state index in [9.17, 15) is 4.79 Å². The van der Waals surface area contributed by atoms with E-state index >= 15 is 0 Å². The third kappa shape index (κ3) is 5.49. The summed E-state index contributed by atoms with van der Waals surface area (Å²) in [5.74, 6) is 2.09. The number of nitrogens with one attached hydrogen (secondary N) is 1. The Morgan fingerprint density at radius 1 is 1.15 bits per heavy atom. The van der Waals surface area contributed by atoms with Gasteiger partial charge in [0, 0.05) is 29.6 Å². The van der Waals surface area contributed by atoms with Crippen molar-refractivity contribution in [2.75, 3.05) is 18.9 Å². The largest absolute Gasteiger partial charge is 0.454 e. The molecule has 39 heavy (non-hydrogen) atoms.